The van der Waals surface area contributed by atoms with E-state index in [0.29, 0.717) is 13.0 Å². The number of carbonyl (C=O) groups is 1. The fourth-order valence-corrected chi connectivity index (χ4v) is 3.91. The summed E-state index contributed by atoms with van der Waals surface area (Å²) in [5.74, 6) is 1.97. The minimum Gasteiger partial charge on any atom is -0.485 e. The number of aryl methyl sites for hydroxylation is 2. The molecule has 144 valence electrons. The number of aromatic nitrogens is 3. The highest BCUT2D eigenvalue weighted by Crippen LogP contribution is 2.30. The number of ether oxygens (including phenoxy) is 1. The van der Waals surface area contributed by atoms with Crippen molar-refractivity contribution in [3.8, 4) is 5.75 Å². The molecule has 2 saturated heterocycles. The Labute approximate surface area is 159 Å². The third kappa shape index (κ3) is 4.07. The molecule has 2 aliphatic heterocycles. The van der Waals surface area contributed by atoms with Gasteiger partial charge in [0.2, 0.25) is 5.91 Å². The van der Waals surface area contributed by atoms with E-state index in [-0.39, 0.29) is 12.0 Å². The molecule has 7 nitrogen and oxygen atoms in total. The minimum atomic E-state index is 0.0382. The Morgan fingerprint density at radius 3 is 2.85 bits per heavy atom. The molecule has 0 aromatic carbocycles. The molecule has 0 bridgehead atoms. The standard InChI is InChI=1S/C20H27N5O2/c1-23-16(8-11-22-23)6-7-19(26)25-14-9-17(15-25)27-18-5-4-10-21-20(18)24-12-2-3-13-24/h4-5,8,10-11,17H,2-3,6-7,9,12-15H2,1H3/t17-/m0/s1. The van der Waals surface area contributed by atoms with Gasteiger partial charge in [0.1, 0.15) is 6.10 Å². The first kappa shape index (κ1) is 17.8. The molecule has 0 N–H and O–H groups in total. The molecule has 0 saturated carbocycles. The van der Waals surface area contributed by atoms with Crippen molar-refractivity contribution in [3.63, 3.8) is 0 Å². The van der Waals surface area contributed by atoms with E-state index in [0.717, 1.165) is 49.7 Å². The van der Waals surface area contributed by atoms with Gasteiger partial charge in [0.05, 0.1) is 6.54 Å². The van der Waals surface area contributed by atoms with Crippen LogP contribution < -0.4 is 9.64 Å². The first-order chi connectivity index (χ1) is 13.2. The molecule has 0 spiro atoms. The average Bonchev–Trinajstić information content (AvgIpc) is 3.43. The van der Waals surface area contributed by atoms with Gasteiger partial charge in [-0.05, 0) is 37.5 Å². The number of pyridine rings is 1. The van der Waals surface area contributed by atoms with Crippen LogP contribution >= 0.6 is 0 Å². The summed E-state index contributed by atoms with van der Waals surface area (Å²) in [6.07, 6.45) is 8.14. The van der Waals surface area contributed by atoms with E-state index in [4.69, 9.17) is 4.74 Å². The smallest absolute Gasteiger partial charge is 0.223 e. The number of anilines is 1. The Kier molecular flexibility index (Phi) is 5.27. The summed E-state index contributed by atoms with van der Waals surface area (Å²) in [6.45, 7) is 3.49. The van der Waals surface area contributed by atoms with E-state index < -0.39 is 0 Å². The van der Waals surface area contributed by atoms with E-state index in [1.807, 2.05) is 41.0 Å². The third-order valence-electron chi connectivity index (χ3n) is 5.47. The minimum absolute atomic E-state index is 0.0382. The number of likely N-dealkylation sites (tertiary alicyclic amines) is 1. The van der Waals surface area contributed by atoms with Gasteiger partial charge in [-0.2, -0.15) is 5.10 Å². The summed E-state index contributed by atoms with van der Waals surface area (Å²) >= 11 is 0. The Hall–Kier alpha value is -2.57. The fraction of sp³-hybridized carbons (Fsp3) is 0.550. The lowest BCUT2D eigenvalue weighted by Gasteiger charge is -2.22. The van der Waals surface area contributed by atoms with Gasteiger partial charge in [-0.3, -0.25) is 9.48 Å². The summed E-state index contributed by atoms with van der Waals surface area (Å²) in [6, 6.07) is 5.87. The van der Waals surface area contributed by atoms with Crippen LogP contribution in [0.1, 0.15) is 31.4 Å². The molecule has 4 heterocycles. The predicted octanol–water partition coefficient (Wildman–Crippen LogP) is 2.03. The van der Waals surface area contributed by atoms with Crippen molar-refractivity contribution in [1.29, 1.82) is 0 Å². The van der Waals surface area contributed by atoms with Gasteiger partial charge in [0.25, 0.3) is 0 Å². The summed E-state index contributed by atoms with van der Waals surface area (Å²) in [5, 5.41) is 4.15. The van der Waals surface area contributed by atoms with Crippen LogP contribution in [0.4, 0.5) is 5.82 Å². The number of nitrogens with zero attached hydrogens (tertiary/aromatic N) is 5. The van der Waals surface area contributed by atoms with Crippen molar-refractivity contribution in [2.45, 2.75) is 38.2 Å². The summed E-state index contributed by atoms with van der Waals surface area (Å²) in [4.78, 5) is 21.3. The number of rotatable bonds is 6. The average molecular weight is 369 g/mol. The molecule has 0 unspecified atom stereocenters. The van der Waals surface area contributed by atoms with Crippen LogP contribution in [0.15, 0.2) is 30.6 Å². The van der Waals surface area contributed by atoms with Crippen molar-refractivity contribution in [2.75, 3.05) is 31.1 Å². The van der Waals surface area contributed by atoms with Gasteiger partial charge < -0.3 is 14.5 Å². The Morgan fingerprint density at radius 1 is 1.22 bits per heavy atom. The zero-order chi connectivity index (χ0) is 18.6. The van der Waals surface area contributed by atoms with Gasteiger partial charge in [0.15, 0.2) is 11.6 Å². The Bertz CT molecular complexity index is 784. The number of hydrogen-bond acceptors (Lipinski definition) is 5. The lowest BCUT2D eigenvalue weighted by atomic mass is 10.2. The second kappa shape index (κ2) is 7.98. The Morgan fingerprint density at radius 2 is 2.07 bits per heavy atom. The van der Waals surface area contributed by atoms with E-state index in [9.17, 15) is 4.79 Å². The highest BCUT2D eigenvalue weighted by atomic mass is 16.5. The maximum Gasteiger partial charge on any atom is 0.223 e. The molecule has 0 aliphatic carbocycles. The first-order valence-corrected chi connectivity index (χ1v) is 9.82. The SMILES string of the molecule is Cn1nccc1CCC(=O)N1CC[C@H](Oc2cccnc2N2CCCC2)C1. The molecular formula is C20H27N5O2. The zero-order valence-corrected chi connectivity index (χ0v) is 15.9. The lowest BCUT2D eigenvalue weighted by molar-refractivity contribution is -0.130. The van der Waals surface area contributed by atoms with Gasteiger partial charge in [-0.15, -0.1) is 0 Å². The van der Waals surface area contributed by atoms with Gasteiger partial charge >= 0.3 is 0 Å². The molecule has 27 heavy (non-hydrogen) atoms. The molecule has 2 fully saturated rings. The van der Waals surface area contributed by atoms with E-state index in [2.05, 4.69) is 15.0 Å². The third-order valence-corrected chi connectivity index (χ3v) is 5.47. The molecule has 0 radical (unpaired) electrons. The van der Waals surface area contributed by atoms with E-state index >= 15 is 0 Å². The first-order valence-electron chi connectivity index (χ1n) is 9.82. The van der Waals surface area contributed by atoms with Crippen LogP contribution in [-0.4, -0.2) is 57.9 Å². The fourth-order valence-electron chi connectivity index (χ4n) is 3.91. The largest absolute Gasteiger partial charge is 0.485 e. The van der Waals surface area contributed by atoms with Crippen LogP contribution in [-0.2, 0) is 18.3 Å². The van der Waals surface area contributed by atoms with Crippen molar-refractivity contribution in [1.82, 2.24) is 19.7 Å². The second-order valence-electron chi connectivity index (χ2n) is 7.33. The summed E-state index contributed by atoms with van der Waals surface area (Å²) < 4.78 is 8.08. The zero-order valence-electron chi connectivity index (χ0n) is 15.9. The molecule has 1 atom stereocenters. The molecule has 2 aliphatic rings. The van der Waals surface area contributed by atoms with Crippen LogP contribution in [0.2, 0.25) is 0 Å². The summed E-state index contributed by atoms with van der Waals surface area (Å²) in [5.41, 5.74) is 1.08. The van der Waals surface area contributed by atoms with Crippen molar-refractivity contribution < 1.29 is 9.53 Å². The molecular weight excluding hydrogens is 342 g/mol. The van der Waals surface area contributed by atoms with Gasteiger partial charge in [-0.25, -0.2) is 4.98 Å². The monoisotopic (exact) mass is 369 g/mol. The van der Waals surface area contributed by atoms with E-state index in [1.54, 1.807) is 6.20 Å². The summed E-state index contributed by atoms with van der Waals surface area (Å²) in [7, 11) is 1.91. The van der Waals surface area contributed by atoms with Crippen LogP contribution in [0.5, 0.6) is 5.75 Å². The van der Waals surface area contributed by atoms with Gasteiger partial charge in [0, 0.05) is 57.6 Å². The topological polar surface area (TPSA) is 63.5 Å². The molecule has 1 amide bonds. The highest BCUT2D eigenvalue weighted by molar-refractivity contribution is 5.76. The van der Waals surface area contributed by atoms with Crippen molar-refractivity contribution in [2.24, 2.45) is 7.05 Å². The van der Waals surface area contributed by atoms with E-state index in [1.165, 1.54) is 12.8 Å². The predicted molar refractivity (Wildman–Crippen MR) is 103 cm³/mol. The number of hydrogen-bond donors (Lipinski definition) is 0. The second-order valence-corrected chi connectivity index (χ2v) is 7.33. The lowest BCUT2D eigenvalue weighted by Crippen LogP contribution is -2.31. The molecule has 7 heteroatoms. The molecule has 4 rings (SSSR count). The quantitative estimate of drug-likeness (QED) is 0.780. The maximum atomic E-state index is 12.5. The van der Waals surface area contributed by atoms with Crippen molar-refractivity contribution in [3.05, 3.63) is 36.3 Å². The normalized spacial score (nSPS) is 19.7. The Balaban J connectivity index is 1.32. The highest BCUT2D eigenvalue weighted by Gasteiger charge is 2.29. The molecule has 2 aromatic heterocycles. The van der Waals surface area contributed by atoms with Crippen LogP contribution in [0.3, 0.4) is 0 Å². The maximum absolute atomic E-state index is 12.5. The van der Waals surface area contributed by atoms with Crippen molar-refractivity contribution >= 4 is 11.7 Å². The van der Waals surface area contributed by atoms with Crippen LogP contribution in [0.25, 0.3) is 0 Å². The molecule has 2 aromatic rings. The van der Waals surface area contributed by atoms with Crippen LogP contribution in [0, 0.1) is 0 Å². The number of carbonyl (C=O) groups excluding carboxylic acids is 1. The van der Waals surface area contributed by atoms with Gasteiger partial charge in [-0.1, -0.05) is 0 Å². The number of amides is 1.